The molecule has 4 heteroatoms. The summed E-state index contributed by atoms with van der Waals surface area (Å²) in [5, 5.41) is 9.34. The Morgan fingerprint density at radius 2 is 2.11 bits per heavy atom. The summed E-state index contributed by atoms with van der Waals surface area (Å²) in [5.41, 5.74) is -0.135. The largest absolute Gasteiger partial charge is 0.394 e. The highest BCUT2D eigenvalue weighted by Crippen LogP contribution is 2.23. The molecule has 1 N–H and O–H groups in total. The molecular formula is C15H30N2O2. The number of hydrogen-bond acceptors (Lipinski definition) is 4. The monoisotopic (exact) mass is 270 g/mol. The Hall–Kier alpha value is -0.160. The molecule has 0 aliphatic carbocycles. The van der Waals surface area contributed by atoms with Gasteiger partial charge >= 0.3 is 0 Å². The number of nitrogens with zero attached hydrogens (tertiary/aromatic N) is 2. The highest BCUT2D eigenvalue weighted by Gasteiger charge is 2.33. The average molecular weight is 270 g/mol. The van der Waals surface area contributed by atoms with Gasteiger partial charge in [-0.15, -0.1) is 0 Å². The van der Waals surface area contributed by atoms with Crippen molar-refractivity contribution in [1.29, 1.82) is 0 Å². The zero-order valence-electron chi connectivity index (χ0n) is 12.8. The molecule has 4 nitrogen and oxygen atoms in total. The minimum absolute atomic E-state index is 0.0205. The molecule has 0 aromatic rings. The number of hydrogen-bond donors (Lipinski definition) is 1. The third-order valence-corrected chi connectivity index (χ3v) is 4.46. The summed E-state index contributed by atoms with van der Waals surface area (Å²) < 4.78 is 5.86. The molecule has 2 aliphatic rings. The quantitative estimate of drug-likeness (QED) is 0.836. The first-order valence-electron chi connectivity index (χ1n) is 7.71. The molecule has 2 fully saturated rings. The minimum Gasteiger partial charge on any atom is -0.394 e. The van der Waals surface area contributed by atoms with E-state index in [0.29, 0.717) is 0 Å². The molecule has 19 heavy (non-hydrogen) atoms. The van der Waals surface area contributed by atoms with Crippen LogP contribution in [0, 0.1) is 0 Å². The summed E-state index contributed by atoms with van der Waals surface area (Å²) in [5.74, 6) is 0. The van der Waals surface area contributed by atoms with Gasteiger partial charge in [0.05, 0.1) is 18.3 Å². The second kappa shape index (κ2) is 6.53. The smallest absolute Gasteiger partial charge is 0.0940 e. The van der Waals surface area contributed by atoms with Crippen LogP contribution in [0.1, 0.15) is 39.5 Å². The van der Waals surface area contributed by atoms with Gasteiger partial charge < -0.3 is 14.7 Å². The first-order valence-corrected chi connectivity index (χ1v) is 7.71. The van der Waals surface area contributed by atoms with Crippen LogP contribution in [0.2, 0.25) is 0 Å². The number of aliphatic hydroxyl groups is 1. The number of morpholine rings is 1. The normalized spacial score (nSPS) is 33.5. The van der Waals surface area contributed by atoms with Crippen LogP contribution in [-0.4, -0.2) is 72.5 Å². The van der Waals surface area contributed by atoms with Gasteiger partial charge in [-0.2, -0.15) is 0 Å². The van der Waals surface area contributed by atoms with Gasteiger partial charge in [0.1, 0.15) is 0 Å². The summed E-state index contributed by atoms with van der Waals surface area (Å²) in [6.07, 6.45) is 5.29. The third-order valence-electron chi connectivity index (χ3n) is 4.46. The molecule has 0 spiro atoms. The Bertz CT molecular complexity index is 283. The fourth-order valence-electron chi connectivity index (χ4n) is 3.52. The fraction of sp³-hybridized carbons (Fsp3) is 1.00. The molecule has 2 aliphatic heterocycles. The highest BCUT2D eigenvalue weighted by atomic mass is 16.5. The Labute approximate surface area is 117 Å². The predicted molar refractivity (Wildman–Crippen MR) is 77.4 cm³/mol. The van der Waals surface area contributed by atoms with Crippen molar-refractivity contribution in [3.63, 3.8) is 0 Å². The van der Waals surface area contributed by atoms with Crippen LogP contribution in [0.3, 0.4) is 0 Å². The van der Waals surface area contributed by atoms with Crippen LogP contribution >= 0.6 is 0 Å². The van der Waals surface area contributed by atoms with Gasteiger partial charge in [-0.25, -0.2) is 0 Å². The summed E-state index contributed by atoms with van der Waals surface area (Å²) in [6, 6.07) is 0.743. The molecule has 0 bridgehead atoms. The Morgan fingerprint density at radius 3 is 2.79 bits per heavy atom. The molecule has 112 valence electrons. The van der Waals surface area contributed by atoms with Crippen LogP contribution in [0.5, 0.6) is 0 Å². The van der Waals surface area contributed by atoms with E-state index in [1.807, 2.05) is 0 Å². The molecule has 2 unspecified atom stereocenters. The van der Waals surface area contributed by atoms with Gasteiger partial charge in [-0.3, -0.25) is 4.90 Å². The zero-order chi connectivity index (χ0) is 13.9. The second-order valence-electron chi connectivity index (χ2n) is 6.84. The molecule has 0 radical (unpaired) electrons. The molecule has 2 heterocycles. The lowest BCUT2D eigenvalue weighted by atomic mass is 9.99. The SMILES string of the molecule is CN1CCCCC1CCN1CC(CO)OC(C)(C)C1. The van der Waals surface area contributed by atoms with Crippen LogP contribution in [-0.2, 0) is 4.74 Å². The minimum atomic E-state index is -0.135. The van der Waals surface area contributed by atoms with Crippen molar-refractivity contribution in [2.24, 2.45) is 0 Å². The van der Waals surface area contributed by atoms with Gasteiger partial charge in [-0.05, 0) is 53.2 Å². The van der Waals surface area contributed by atoms with E-state index in [2.05, 4.69) is 30.7 Å². The van der Waals surface area contributed by atoms with Crippen LogP contribution < -0.4 is 0 Å². The molecule has 2 atom stereocenters. The number of aliphatic hydroxyl groups excluding tert-OH is 1. The van der Waals surface area contributed by atoms with Crippen LogP contribution in [0.4, 0.5) is 0 Å². The number of piperidine rings is 1. The maximum Gasteiger partial charge on any atom is 0.0940 e. The lowest BCUT2D eigenvalue weighted by molar-refractivity contribution is -0.149. The van der Waals surface area contributed by atoms with Gasteiger partial charge in [0, 0.05) is 19.1 Å². The summed E-state index contributed by atoms with van der Waals surface area (Å²) in [4.78, 5) is 4.98. The summed E-state index contributed by atoms with van der Waals surface area (Å²) >= 11 is 0. The first kappa shape index (κ1) is 15.2. The van der Waals surface area contributed by atoms with E-state index in [1.54, 1.807) is 0 Å². The molecule has 2 rings (SSSR count). The maximum atomic E-state index is 9.34. The van der Waals surface area contributed by atoms with Crippen molar-refractivity contribution in [3.05, 3.63) is 0 Å². The summed E-state index contributed by atoms with van der Waals surface area (Å²) in [6.45, 7) is 8.58. The van der Waals surface area contributed by atoms with E-state index in [0.717, 1.165) is 25.7 Å². The van der Waals surface area contributed by atoms with Gasteiger partial charge in [0.2, 0.25) is 0 Å². The van der Waals surface area contributed by atoms with E-state index in [4.69, 9.17) is 4.74 Å². The Morgan fingerprint density at radius 1 is 1.32 bits per heavy atom. The van der Waals surface area contributed by atoms with E-state index in [-0.39, 0.29) is 18.3 Å². The Balaban J connectivity index is 1.81. The van der Waals surface area contributed by atoms with Crippen molar-refractivity contribution in [2.75, 3.05) is 39.8 Å². The number of likely N-dealkylation sites (tertiary alicyclic amines) is 1. The van der Waals surface area contributed by atoms with E-state index >= 15 is 0 Å². The molecule has 0 aromatic carbocycles. The van der Waals surface area contributed by atoms with Crippen molar-refractivity contribution >= 4 is 0 Å². The van der Waals surface area contributed by atoms with Crippen molar-refractivity contribution < 1.29 is 9.84 Å². The van der Waals surface area contributed by atoms with E-state index in [1.165, 1.54) is 32.2 Å². The lowest BCUT2D eigenvalue weighted by Gasteiger charge is -2.43. The van der Waals surface area contributed by atoms with Gasteiger partial charge in [0.15, 0.2) is 0 Å². The molecule has 0 amide bonds. The number of ether oxygens (including phenoxy) is 1. The Kier molecular flexibility index (Phi) is 5.23. The van der Waals surface area contributed by atoms with Crippen LogP contribution in [0.15, 0.2) is 0 Å². The molecule has 0 aromatic heterocycles. The second-order valence-corrected chi connectivity index (χ2v) is 6.84. The van der Waals surface area contributed by atoms with Crippen LogP contribution in [0.25, 0.3) is 0 Å². The van der Waals surface area contributed by atoms with Gasteiger partial charge in [0.25, 0.3) is 0 Å². The molecule has 2 saturated heterocycles. The topological polar surface area (TPSA) is 35.9 Å². The zero-order valence-corrected chi connectivity index (χ0v) is 12.8. The molecular weight excluding hydrogens is 240 g/mol. The van der Waals surface area contributed by atoms with Crippen molar-refractivity contribution in [2.45, 2.75) is 57.3 Å². The highest BCUT2D eigenvalue weighted by molar-refractivity contribution is 4.85. The predicted octanol–water partition coefficient (Wildman–Crippen LogP) is 1.33. The van der Waals surface area contributed by atoms with Gasteiger partial charge in [-0.1, -0.05) is 6.42 Å². The maximum absolute atomic E-state index is 9.34. The van der Waals surface area contributed by atoms with E-state index < -0.39 is 0 Å². The van der Waals surface area contributed by atoms with E-state index in [9.17, 15) is 5.11 Å². The third kappa shape index (κ3) is 4.42. The van der Waals surface area contributed by atoms with Crippen molar-refractivity contribution in [3.8, 4) is 0 Å². The average Bonchev–Trinajstić information content (AvgIpc) is 2.36. The summed E-state index contributed by atoms with van der Waals surface area (Å²) in [7, 11) is 2.25. The number of rotatable bonds is 4. The first-order chi connectivity index (χ1) is 9.00. The van der Waals surface area contributed by atoms with Crippen molar-refractivity contribution in [1.82, 2.24) is 9.80 Å². The fourth-order valence-corrected chi connectivity index (χ4v) is 3.52. The lowest BCUT2D eigenvalue weighted by Crippen LogP contribution is -2.54. The molecule has 0 saturated carbocycles. The standard InChI is InChI=1S/C15H30N2O2/c1-15(2)12-17(10-14(11-18)19-15)9-7-13-6-4-5-8-16(13)3/h13-14,18H,4-12H2,1-3H3.